The summed E-state index contributed by atoms with van der Waals surface area (Å²) in [6.07, 6.45) is 6.75. The minimum atomic E-state index is 0.0700. The maximum Gasteiger partial charge on any atom is 0.256 e. The number of nitrogens with one attached hydrogen (secondary N) is 1. The quantitative estimate of drug-likeness (QED) is 0.704. The monoisotopic (exact) mass is 415 g/mol. The number of para-hydroxylation sites is 1. The Hall–Kier alpha value is -3.27. The first-order chi connectivity index (χ1) is 15.2. The molecule has 0 spiro atoms. The highest BCUT2D eigenvalue weighted by Gasteiger charge is 2.33. The van der Waals surface area contributed by atoms with E-state index in [2.05, 4.69) is 27.0 Å². The number of piperazine rings is 1. The first-order valence-electron chi connectivity index (χ1n) is 11.3. The average Bonchev–Trinajstić information content (AvgIpc) is 3.46. The van der Waals surface area contributed by atoms with Crippen molar-refractivity contribution in [2.45, 2.75) is 44.4 Å². The van der Waals surface area contributed by atoms with E-state index >= 15 is 0 Å². The summed E-state index contributed by atoms with van der Waals surface area (Å²) >= 11 is 0. The highest BCUT2D eigenvalue weighted by atomic mass is 16.4. The Balaban J connectivity index is 1.22. The van der Waals surface area contributed by atoms with Gasteiger partial charge < -0.3 is 19.2 Å². The first-order valence-corrected chi connectivity index (χ1v) is 11.3. The third-order valence-electron chi connectivity index (χ3n) is 6.88. The van der Waals surface area contributed by atoms with Gasteiger partial charge in [-0.1, -0.05) is 12.1 Å². The van der Waals surface area contributed by atoms with Crippen molar-refractivity contribution < 1.29 is 9.21 Å². The fraction of sp³-hybridized carbons (Fsp3) is 0.458. The van der Waals surface area contributed by atoms with Crippen LogP contribution in [-0.4, -0.2) is 47.0 Å². The standard InChI is InChI=1S/C24H25N5O2/c25-14-20-24(31-22(27-20)15-8-9-15)29-12-10-28(11-13-29)23(30)18-6-3-5-17-16-4-1-2-7-19(16)26-21(17)18/h3,5-6,15,26H,1-2,4,7-13H2. The van der Waals surface area contributed by atoms with Crippen molar-refractivity contribution in [3.63, 3.8) is 0 Å². The van der Waals surface area contributed by atoms with Crippen LogP contribution in [0.3, 0.4) is 0 Å². The molecule has 1 amide bonds. The van der Waals surface area contributed by atoms with Crippen molar-refractivity contribution in [2.24, 2.45) is 0 Å². The van der Waals surface area contributed by atoms with Gasteiger partial charge in [-0.2, -0.15) is 5.26 Å². The van der Waals surface area contributed by atoms with E-state index < -0.39 is 0 Å². The normalized spacial score (nSPS) is 18.8. The molecule has 2 aliphatic carbocycles. The summed E-state index contributed by atoms with van der Waals surface area (Å²) in [6.45, 7) is 2.47. The number of hydrogen-bond acceptors (Lipinski definition) is 5. The number of benzene rings is 1. The number of carbonyl (C=O) groups excluding carboxylic acids is 1. The Morgan fingerprint density at radius 3 is 2.74 bits per heavy atom. The van der Waals surface area contributed by atoms with Crippen molar-refractivity contribution in [1.29, 1.82) is 5.26 Å². The highest BCUT2D eigenvalue weighted by molar-refractivity contribution is 6.07. The van der Waals surface area contributed by atoms with Gasteiger partial charge in [0.1, 0.15) is 6.07 Å². The minimum Gasteiger partial charge on any atom is -0.423 e. The van der Waals surface area contributed by atoms with E-state index in [-0.39, 0.29) is 5.91 Å². The Morgan fingerprint density at radius 1 is 1.16 bits per heavy atom. The number of carbonyl (C=O) groups is 1. The number of rotatable bonds is 3. The number of hydrogen-bond donors (Lipinski definition) is 1. The molecule has 158 valence electrons. The van der Waals surface area contributed by atoms with Crippen LogP contribution >= 0.6 is 0 Å². The Bertz CT molecular complexity index is 1200. The lowest BCUT2D eigenvalue weighted by Crippen LogP contribution is -2.49. The van der Waals surface area contributed by atoms with Crippen molar-refractivity contribution in [1.82, 2.24) is 14.9 Å². The zero-order valence-electron chi connectivity index (χ0n) is 17.5. The van der Waals surface area contributed by atoms with Crippen molar-refractivity contribution in [2.75, 3.05) is 31.1 Å². The molecule has 6 rings (SSSR count). The molecule has 1 aromatic carbocycles. The molecule has 1 N–H and O–H groups in total. The number of nitrogens with zero attached hydrogens (tertiary/aromatic N) is 4. The largest absolute Gasteiger partial charge is 0.423 e. The number of oxazole rings is 1. The number of nitriles is 1. The predicted molar refractivity (Wildman–Crippen MR) is 116 cm³/mol. The molecule has 0 radical (unpaired) electrons. The number of fused-ring (bicyclic) bond motifs is 3. The Morgan fingerprint density at radius 2 is 1.97 bits per heavy atom. The topological polar surface area (TPSA) is 89.2 Å². The van der Waals surface area contributed by atoms with Gasteiger partial charge in [0.05, 0.1) is 11.1 Å². The lowest BCUT2D eigenvalue weighted by Gasteiger charge is -2.34. The third-order valence-corrected chi connectivity index (χ3v) is 6.88. The number of aromatic amines is 1. The van der Waals surface area contributed by atoms with Crippen LogP contribution in [0.1, 0.15) is 64.8 Å². The van der Waals surface area contributed by atoms with Crippen molar-refractivity contribution >= 4 is 22.7 Å². The number of amides is 1. The fourth-order valence-electron chi connectivity index (χ4n) is 5.01. The van der Waals surface area contributed by atoms with Crippen LogP contribution in [0.2, 0.25) is 0 Å². The van der Waals surface area contributed by atoms with Gasteiger partial charge in [-0.05, 0) is 50.2 Å². The maximum atomic E-state index is 13.4. The summed E-state index contributed by atoms with van der Waals surface area (Å²) in [6, 6.07) is 8.24. The molecule has 7 nitrogen and oxygen atoms in total. The van der Waals surface area contributed by atoms with E-state index in [1.54, 1.807) is 0 Å². The third kappa shape index (κ3) is 3.09. The summed E-state index contributed by atoms with van der Waals surface area (Å²) in [4.78, 5) is 25.3. The van der Waals surface area contributed by atoms with Crippen molar-refractivity contribution in [3.8, 4) is 6.07 Å². The molecule has 0 bridgehead atoms. The van der Waals surface area contributed by atoms with Crippen LogP contribution in [0, 0.1) is 11.3 Å². The molecule has 1 saturated carbocycles. The first kappa shape index (κ1) is 18.5. The molecule has 3 aromatic rings. The van der Waals surface area contributed by atoms with E-state index in [1.807, 2.05) is 17.0 Å². The van der Waals surface area contributed by atoms with E-state index in [1.165, 1.54) is 29.5 Å². The van der Waals surface area contributed by atoms with Gasteiger partial charge in [0.15, 0.2) is 0 Å². The van der Waals surface area contributed by atoms with E-state index in [0.717, 1.165) is 36.8 Å². The summed E-state index contributed by atoms with van der Waals surface area (Å²) in [7, 11) is 0. The molecule has 7 heteroatoms. The summed E-state index contributed by atoms with van der Waals surface area (Å²) in [5.41, 5.74) is 4.80. The summed E-state index contributed by atoms with van der Waals surface area (Å²) < 4.78 is 5.94. The second-order valence-corrected chi connectivity index (χ2v) is 8.89. The van der Waals surface area contributed by atoms with Crippen LogP contribution in [0.15, 0.2) is 22.6 Å². The SMILES string of the molecule is N#Cc1nc(C2CC2)oc1N1CCN(C(=O)c2cccc3c4c([nH]c23)CCCC4)CC1. The number of H-pyrrole nitrogens is 1. The lowest BCUT2D eigenvalue weighted by atomic mass is 9.95. The highest BCUT2D eigenvalue weighted by Crippen LogP contribution is 2.41. The van der Waals surface area contributed by atoms with Gasteiger partial charge >= 0.3 is 0 Å². The van der Waals surface area contributed by atoms with Gasteiger partial charge in [-0.3, -0.25) is 4.79 Å². The average molecular weight is 415 g/mol. The summed E-state index contributed by atoms with van der Waals surface area (Å²) in [5.74, 6) is 1.69. The van der Waals surface area contributed by atoms with E-state index in [4.69, 9.17) is 4.42 Å². The van der Waals surface area contributed by atoms with Gasteiger partial charge in [0, 0.05) is 43.2 Å². The van der Waals surface area contributed by atoms with Crippen LogP contribution in [-0.2, 0) is 12.8 Å². The van der Waals surface area contributed by atoms with E-state index in [9.17, 15) is 10.1 Å². The van der Waals surface area contributed by atoms with Crippen molar-refractivity contribution in [3.05, 3.63) is 46.6 Å². The molecule has 3 aliphatic rings. The number of aryl methyl sites for hydroxylation is 2. The van der Waals surface area contributed by atoms with Gasteiger partial charge in [0.2, 0.25) is 17.5 Å². The maximum absolute atomic E-state index is 13.4. The minimum absolute atomic E-state index is 0.0700. The smallest absolute Gasteiger partial charge is 0.256 e. The zero-order valence-corrected chi connectivity index (χ0v) is 17.5. The molecule has 1 aliphatic heterocycles. The number of anilines is 1. The predicted octanol–water partition coefficient (Wildman–Crippen LogP) is 3.75. The Kier molecular flexibility index (Phi) is 4.27. The van der Waals surface area contributed by atoms with Crippen LogP contribution in [0.25, 0.3) is 10.9 Å². The molecule has 0 unspecified atom stereocenters. The van der Waals surface area contributed by atoms with Crippen LogP contribution < -0.4 is 4.90 Å². The molecular formula is C24H25N5O2. The van der Waals surface area contributed by atoms with Crippen LogP contribution in [0.4, 0.5) is 5.88 Å². The van der Waals surface area contributed by atoms with Crippen LogP contribution in [0.5, 0.6) is 0 Å². The van der Waals surface area contributed by atoms with Gasteiger partial charge in [0.25, 0.3) is 5.91 Å². The summed E-state index contributed by atoms with van der Waals surface area (Å²) in [5, 5.41) is 10.7. The molecule has 1 saturated heterocycles. The molecule has 31 heavy (non-hydrogen) atoms. The molecule has 2 aromatic heterocycles. The molecular weight excluding hydrogens is 390 g/mol. The molecule has 0 atom stereocenters. The molecule has 3 heterocycles. The zero-order chi connectivity index (χ0) is 20.9. The lowest BCUT2D eigenvalue weighted by molar-refractivity contribution is 0.0747. The molecule has 2 fully saturated rings. The Labute approximate surface area is 180 Å². The number of aromatic nitrogens is 2. The second kappa shape index (κ2) is 7.16. The van der Waals surface area contributed by atoms with Gasteiger partial charge in [-0.25, -0.2) is 4.98 Å². The second-order valence-electron chi connectivity index (χ2n) is 8.89. The fourth-order valence-corrected chi connectivity index (χ4v) is 5.01. The van der Waals surface area contributed by atoms with Gasteiger partial charge in [-0.15, -0.1) is 0 Å². The van der Waals surface area contributed by atoms with E-state index in [0.29, 0.717) is 49.6 Å².